The van der Waals surface area contributed by atoms with Crippen LogP contribution in [0.1, 0.15) is 33.5 Å². The summed E-state index contributed by atoms with van der Waals surface area (Å²) in [7, 11) is 0. The highest BCUT2D eigenvalue weighted by atomic mass is 16.5. The Bertz CT molecular complexity index is 984. The van der Waals surface area contributed by atoms with Gasteiger partial charge < -0.3 is 18.9 Å². The molecule has 25 heavy (non-hydrogen) atoms. The average molecular weight is 341 g/mol. The first-order valence-electron chi connectivity index (χ1n) is 7.63. The molecule has 2 aromatic heterocycles. The van der Waals surface area contributed by atoms with Gasteiger partial charge >= 0.3 is 11.9 Å². The van der Waals surface area contributed by atoms with E-state index in [1.807, 2.05) is 0 Å². The Morgan fingerprint density at radius 3 is 2.72 bits per heavy atom. The molecule has 7 nitrogen and oxygen atoms in total. The maximum atomic E-state index is 12.2. The van der Waals surface area contributed by atoms with Crippen LogP contribution in [0.4, 0.5) is 0 Å². The first-order chi connectivity index (χ1) is 12.1. The molecule has 0 unspecified atom stereocenters. The highest BCUT2D eigenvalue weighted by Crippen LogP contribution is 2.15. The number of nitrogens with one attached hydrogen (secondary N) is 1. The summed E-state index contributed by atoms with van der Waals surface area (Å²) in [4.78, 5) is 38.4. The van der Waals surface area contributed by atoms with Gasteiger partial charge in [0.25, 0.3) is 5.56 Å². The molecule has 0 aliphatic heterocycles. The first kappa shape index (κ1) is 16.5. The lowest BCUT2D eigenvalue weighted by Gasteiger charge is -2.06. The van der Waals surface area contributed by atoms with Crippen LogP contribution in [0.5, 0.6) is 0 Å². The number of hydrogen-bond donors (Lipinski definition) is 1. The molecule has 0 saturated heterocycles. The van der Waals surface area contributed by atoms with Crippen LogP contribution in [0.3, 0.4) is 0 Å². The number of rotatable bonds is 5. The molecule has 1 aromatic carbocycles. The van der Waals surface area contributed by atoms with E-state index in [0.717, 1.165) is 0 Å². The SMILES string of the molecule is CCOC(=O)c1ccoc1COC(=O)c1cc2ccccc2c(=O)[nH]1. The molecular weight excluding hydrogens is 326 g/mol. The van der Waals surface area contributed by atoms with E-state index >= 15 is 0 Å². The zero-order valence-electron chi connectivity index (χ0n) is 13.4. The Labute approximate surface area is 142 Å². The minimum atomic E-state index is -0.728. The third-order valence-corrected chi connectivity index (χ3v) is 3.55. The number of aromatic amines is 1. The predicted octanol–water partition coefficient (Wildman–Crippen LogP) is 2.65. The number of fused-ring (bicyclic) bond motifs is 1. The van der Waals surface area contributed by atoms with Crippen molar-refractivity contribution in [2.75, 3.05) is 6.61 Å². The van der Waals surface area contributed by atoms with Gasteiger partial charge in [0.05, 0.1) is 12.9 Å². The van der Waals surface area contributed by atoms with Crippen LogP contribution < -0.4 is 5.56 Å². The summed E-state index contributed by atoms with van der Waals surface area (Å²) in [6, 6.07) is 9.88. The number of benzene rings is 1. The fraction of sp³-hybridized carbons (Fsp3) is 0.167. The first-order valence-corrected chi connectivity index (χ1v) is 7.63. The molecule has 7 heteroatoms. The van der Waals surface area contributed by atoms with Crippen molar-refractivity contribution in [3.05, 3.63) is 70.0 Å². The fourth-order valence-corrected chi connectivity index (χ4v) is 2.37. The van der Waals surface area contributed by atoms with Crippen molar-refractivity contribution in [2.24, 2.45) is 0 Å². The lowest BCUT2D eigenvalue weighted by atomic mass is 10.1. The summed E-state index contributed by atoms with van der Waals surface area (Å²) in [6.45, 7) is 1.66. The number of aromatic nitrogens is 1. The molecule has 0 radical (unpaired) electrons. The molecule has 3 aromatic rings. The highest BCUT2D eigenvalue weighted by molar-refractivity contribution is 5.93. The molecule has 0 aliphatic rings. The number of carbonyl (C=O) groups excluding carboxylic acids is 2. The van der Waals surface area contributed by atoms with Crippen LogP contribution in [-0.4, -0.2) is 23.5 Å². The van der Waals surface area contributed by atoms with Crippen LogP contribution >= 0.6 is 0 Å². The molecule has 0 amide bonds. The van der Waals surface area contributed by atoms with Gasteiger partial charge in [0.2, 0.25) is 0 Å². The van der Waals surface area contributed by atoms with Gasteiger partial charge in [0, 0.05) is 5.39 Å². The Morgan fingerprint density at radius 1 is 1.12 bits per heavy atom. The van der Waals surface area contributed by atoms with E-state index in [9.17, 15) is 14.4 Å². The molecule has 0 fully saturated rings. The van der Waals surface area contributed by atoms with Crippen molar-refractivity contribution in [3.63, 3.8) is 0 Å². The van der Waals surface area contributed by atoms with Gasteiger partial charge in [-0.25, -0.2) is 9.59 Å². The quantitative estimate of drug-likeness (QED) is 0.716. The zero-order chi connectivity index (χ0) is 17.8. The predicted molar refractivity (Wildman–Crippen MR) is 88.4 cm³/mol. The van der Waals surface area contributed by atoms with Gasteiger partial charge in [-0.3, -0.25) is 4.79 Å². The van der Waals surface area contributed by atoms with Crippen molar-refractivity contribution in [1.29, 1.82) is 0 Å². The van der Waals surface area contributed by atoms with Crippen LogP contribution in [0.2, 0.25) is 0 Å². The number of pyridine rings is 1. The van der Waals surface area contributed by atoms with E-state index < -0.39 is 11.9 Å². The molecule has 0 aliphatic carbocycles. The molecule has 3 rings (SSSR count). The second-order valence-electron chi connectivity index (χ2n) is 5.15. The molecule has 0 spiro atoms. The topological polar surface area (TPSA) is 98.6 Å². The minimum Gasteiger partial charge on any atom is -0.465 e. The number of ether oxygens (including phenoxy) is 2. The summed E-state index contributed by atoms with van der Waals surface area (Å²) in [6.07, 6.45) is 1.31. The standard InChI is InChI=1S/C18H15NO6/c1-2-23-17(21)13-7-8-24-15(13)10-25-18(22)14-9-11-5-3-4-6-12(11)16(20)19-14/h3-9H,2,10H2,1H3,(H,19,20). The number of carbonyl (C=O) groups is 2. The number of hydrogen-bond acceptors (Lipinski definition) is 6. The van der Waals surface area contributed by atoms with Crippen molar-refractivity contribution in [2.45, 2.75) is 13.5 Å². The van der Waals surface area contributed by atoms with Crippen molar-refractivity contribution in [1.82, 2.24) is 4.98 Å². The Kier molecular flexibility index (Phi) is 4.65. The van der Waals surface area contributed by atoms with Gasteiger partial charge in [0.1, 0.15) is 11.3 Å². The van der Waals surface area contributed by atoms with E-state index in [2.05, 4.69) is 4.98 Å². The summed E-state index contributed by atoms with van der Waals surface area (Å²) < 4.78 is 15.2. The van der Waals surface area contributed by atoms with Crippen LogP contribution in [0.25, 0.3) is 10.8 Å². The van der Waals surface area contributed by atoms with Crippen LogP contribution in [0.15, 0.2) is 51.9 Å². The van der Waals surface area contributed by atoms with Gasteiger partial charge in [-0.1, -0.05) is 18.2 Å². The van der Waals surface area contributed by atoms with E-state index in [-0.39, 0.29) is 35.8 Å². The number of esters is 2. The monoisotopic (exact) mass is 341 g/mol. The second-order valence-corrected chi connectivity index (χ2v) is 5.15. The van der Waals surface area contributed by atoms with Crippen LogP contribution in [-0.2, 0) is 16.1 Å². The molecule has 1 N–H and O–H groups in total. The normalized spacial score (nSPS) is 10.6. The smallest absolute Gasteiger partial charge is 0.355 e. The largest absolute Gasteiger partial charge is 0.465 e. The summed E-state index contributed by atoms with van der Waals surface area (Å²) in [5.74, 6) is -1.11. The average Bonchev–Trinajstić information content (AvgIpc) is 3.08. The van der Waals surface area contributed by atoms with Crippen molar-refractivity contribution >= 4 is 22.7 Å². The van der Waals surface area contributed by atoms with E-state index in [1.54, 1.807) is 31.2 Å². The Morgan fingerprint density at radius 2 is 1.92 bits per heavy atom. The zero-order valence-corrected chi connectivity index (χ0v) is 13.4. The molecule has 0 saturated carbocycles. The van der Waals surface area contributed by atoms with Crippen molar-refractivity contribution < 1.29 is 23.5 Å². The molecule has 0 bridgehead atoms. The fourth-order valence-electron chi connectivity index (χ4n) is 2.37. The van der Waals surface area contributed by atoms with Gasteiger partial charge in [-0.05, 0) is 30.5 Å². The Hall–Kier alpha value is -3.35. The second kappa shape index (κ2) is 7.04. The molecule has 0 atom stereocenters. The summed E-state index contributed by atoms with van der Waals surface area (Å²) >= 11 is 0. The molecule has 128 valence electrons. The highest BCUT2D eigenvalue weighted by Gasteiger charge is 2.18. The Balaban J connectivity index is 1.77. The third kappa shape index (κ3) is 3.45. The van der Waals surface area contributed by atoms with E-state index in [0.29, 0.717) is 10.8 Å². The van der Waals surface area contributed by atoms with Crippen molar-refractivity contribution in [3.8, 4) is 0 Å². The maximum Gasteiger partial charge on any atom is 0.355 e. The van der Waals surface area contributed by atoms with Gasteiger partial charge in [-0.2, -0.15) is 0 Å². The van der Waals surface area contributed by atoms with E-state index in [4.69, 9.17) is 13.9 Å². The molecule has 2 heterocycles. The maximum absolute atomic E-state index is 12.2. The summed E-state index contributed by atoms with van der Waals surface area (Å²) in [5.41, 5.74) is -0.162. The van der Waals surface area contributed by atoms with Gasteiger partial charge in [-0.15, -0.1) is 0 Å². The van der Waals surface area contributed by atoms with Gasteiger partial charge in [0.15, 0.2) is 12.4 Å². The number of furan rings is 1. The van der Waals surface area contributed by atoms with E-state index in [1.165, 1.54) is 18.4 Å². The number of H-pyrrole nitrogens is 1. The lowest BCUT2D eigenvalue weighted by molar-refractivity contribution is 0.0417. The molecular formula is C18H15NO6. The third-order valence-electron chi connectivity index (χ3n) is 3.55. The van der Waals surface area contributed by atoms with Crippen LogP contribution in [0, 0.1) is 0 Å². The lowest BCUT2D eigenvalue weighted by Crippen LogP contribution is -2.15. The summed E-state index contributed by atoms with van der Waals surface area (Å²) in [5, 5.41) is 1.11. The minimum absolute atomic E-state index is 0.0212.